The first-order valence-corrected chi connectivity index (χ1v) is 9.71. The number of alkyl halides is 1. The predicted molar refractivity (Wildman–Crippen MR) is 91.5 cm³/mol. The highest BCUT2D eigenvalue weighted by atomic mass is 79.9. The Morgan fingerprint density at radius 1 is 1.09 bits per heavy atom. The van der Waals surface area contributed by atoms with E-state index < -0.39 is 10.0 Å². The van der Waals surface area contributed by atoms with Crippen molar-refractivity contribution >= 4 is 26.0 Å². The second-order valence-electron chi connectivity index (χ2n) is 5.79. The van der Waals surface area contributed by atoms with Gasteiger partial charge in [0.15, 0.2) is 0 Å². The van der Waals surface area contributed by atoms with Crippen LogP contribution in [0.25, 0.3) is 0 Å². The fraction of sp³-hybridized carbons (Fsp3) is 0.294. The lowest BCUT2D eigenvalue weighted by atomic mass is 10.1. The van der Waals surface area contributed by atoms with Crippen LogP contribution in [0.5, 0.6) is 0 Å². The molecule has 0 unspecified atom stereocenters. The molecular weight excluding hydrogens is 381 g/mol. The SMILES string of the molecule is Cc1ccc(S(=O)(=O)N2C[C@H](Br)C[C@H]2c2ccc(F)cc2)cc1. The Morgan fingerprint density at radius 2 is 1.70 bits per heavy atom. The van der Waals surface area contributed by atoms with Gasteiger partial charge in [-0.05, 0) is 43.2 Å². The summed E-state index contributed by atoms with van der Waals surface area (Å²) in [6.45, 7) is 2.32. The molecule has 23 heavy (non-hydrogen) atoms. The maximum absolute atomic E-state index is 13.1. The van der Waals surface area contributed by atoms with Gasteiger partial charge in [-0.15, -0.1) is 0 Å². The smallest absolute Gasteiger partial charge is 0.207 e. The lowest BCUT2D eigenvalue weighted by Crippen LogP contribution is -2.31. The number of halogens is 2. The average Bonchev–Trinajstić information content (AvgIpc) is 2.91. The van der Waals surface area contributed by atoms with Crippen molar-refractivity contribution in [3.8, 4) is 0 Å². The van der Waals surface area contributed by atoms with Gasteiger partial charge >= 0.3 is 0 Å². The molecule has 1 aliphatic heterocycles. The van der Waals surface area contributed by atoms with E-state index in [2.05, 4.69) is 15.9 Å². The summed E-state index contributed by atoms with van der Waals surface area (Å²) >= 11 is 3.53. The highest BCUT2D eigenvalue weighted by Crippen LogP contribution is 2.39. The van der Waals surface area contributed by atoms with E-state index in [0.29, 0.717) is 13.0 Å². The average molecular weight is 398 g/mol. The van der Waals surface area contributed by atoms with Crippen LogP contribution in [-0.4, -0.2) is 24.1 Å². The Morgan fingerprint density at radius 3 is 2.30 bits per heavy atom. The van der Waals surface area contributed by atoms with Crippen LogP contribution in [0.3, 0.4) is 0 Å². The molecule has 0 aromatic heterocycles. The largest absolute Gasteiger partial charge is 0.243 e. The van der Waals surface area contributed by atoms with E-state index in [0.717, 1.165) is 11.1 Å². The van der Waals surface area contributed by atoms with Gasteiger partial charge in [0.2, 0.25) is 10.0 Å². The molecule has 0 aliphatic carbocycles. The normalized spacial score (nSPS) is 22.4. The topological polar surface area (TPSA) is 37.4 Å². The predicted octanol–water partition coefficient (Wildman–Crippen LogP) is 4.03. The number of hydrogen-bond donors (Lipinski definition) is 0. The van der Waals surface area contributed by atoms with Crippen molar-refractivity contribution in [3.05, 3.63) is 65.5 Å². The van der Waals surface area contributed by atoms with Crippen molar-refractivity contribution in [1.29, 1.82) is 0 Å². The molecule has 2 aromatic rings. The molecular formula is C17H17BrFNO2S. The lowest BCUT2D eigenvalue weighted by molar-refractivity contribution is 0.396. The van der Waals surface area contributed by atoms with E-state index in [-0.39, 0.29) is 21.6 Å². The van der Waals surface area contributed by atoms with Crippen molar-refractivity contribution in [3.63, 3.8) is 0 Å². The zero-order chi connectivity index (χ0) is 16.6. The van der Waals surface area contributed by atoms with Crippen LogP contribution in [-0.2, 0) is 10.0 Å². The molecule has 0 radical (unpaired) electrons. The van der Waals surface area contributed by atoms with Gasteiger partial charge in [-0.25, -0.2) is 12.8 Å². The quantitative estimate of drug-likeness (QED) is 0.733. The number of nitrogens with zero attached hydrogens (tertiary/aromatic N) is 1. The van der Waals surface area contributed by atoms with Crippen LogP contribution in [0.1, 0.15) is 23.6 Å². The standard InChI is InChI=1S/C17H17BrFNO2S/c1-12-2-8-16(9-3-12)23(21,22)20-11-14(18)10-17(20)13-4-6-15(19)7-5-13/h2-9,14,17H,10-11H2,1H3/t14-,17+/m1/s1. The highest BCUT2D eigenvalue weighted by molar-refractivity contribution is 9.09. The Hall–Kier alpha value is -1.24. The fourth-order valence-corrected chi connectivity index (χ4v) is 5.38. The van der Waals surface area contributed by atoms with Crippen LogP contribution in [0.2, 0.25) is 0 Å². The van der Waals surface area contributed by atoms with Crippen molar-refractivity contribution in [1.82, 2.24) is 4.31 Å². The summed E-state index contributed by atoms with van der Waals surface area (Å²) < 4.78 is 40.6. The summed E-state index contributed by atoms with van der Waals surface area (Å²) in [5, 5.41) is 0. The molecule has 0 N–H and O–H groups in total. The molecule has 0 spiro atoms. The first kappa shape index (κ1) is 16.6. The number of sulfonamides is 1. The van der Waals surface area contributed by atoms with Crippen LogP contribution < -0.4 is 0 Å². The van der Waals surface area contributed by atoms with E-state index in [4.69, 9.17) is 0 Å². The van der Waals surface area contributed by atoms with Gasteiger partial charge in [0.05, 0.1) is 10.9 Å². The summed E-state index contributed by atoms with van der Waals surface area (Å²) in [5.74, 6) is -0.324. The molecule has 1 heterocycles. The first-order chi connectivity index (χ1) is 10.9. The first-order valence-electron chi connectivity index (χ1n) is 7.36. The number of aryl methyl sites for hydroxylation is 1. The molecule has 0 amide bonds. The van der Waals surface area contributed by atoms with Gasteiger partial charge in [0.25, 0.3) is 0 Å². The minimum Gasteiger partial charge on any atom is -0.207 e. The Bertz CT molecular complexity index is 790. The second kappa shape index (κ2) is 6.34. The summed E-state index contributed by atoms with van der Waals surface area (Å²) in [6, 6.07) is 12.6. The van der Waals surface area contributed by atoms with Crippen LogP contribution >= 0.6 is 15.9 Å². The molecule has 0 saturated carbocycles. The zero-order valence-corrected chi connectivity index (χ0v) is 15.0. The maximum atomic E-state index is 13.1. The third-order valence-electron chi connectivity index (χ3n) is 4.09. The summed E-state index contributed by atoms with van der Waals surface area (Å²) in [6.07, 6.45) is 0.663. The molecule has 6 heteroatoms. The van der Waals surface area contributed by atoms with Crippen LogP contribution in [0.4, 0.5) is 4.39 Å². The number of benzene rings is 2. The summed E-state index contributed by atoms with van der Waals surface area (Å²) in [4.78, 5) is 0.370. The van der Waals surface area contributed by atoms with Gasteiger partial charge in [-0.3, -0.25) is 0 Å². The monoisotopic (exact) mass is 397 g/mol. The zero-order valence-electron chi connectivity index (χ0n) is 12.6. The Kier molecular flexibility index (Phi) is 4.58. The van der Waals surface area contributed by atoms with E-state index in [9.17, 15) is 12.8 Å². The molecule has 1 aliphatic rings. The van der Waals surface area contributed by atoms with E-state index in [1.54, 1.807) is 36.4 Å². The second-order valence-corrected chi connectivity index (χ2v) is 8.97. The Labute approximate surface area is 144 Å². The highest BCUT2D eigenvalue weighted by Gasteiger charge is 2.40. The van der Waals surface area contributed by atoms with Gasteiger partial charge in [-0.2, -0.15) is 4.31 Å². The molecule has 1 saturated heterocycles. The molecule has 1 fully saturated rings. The Balaban J connectivity index is 1.98. The minimum atomic E-state index is -3.59. The van der Waals surface area contributed by atoms with Gasteiger partial charge in [-0.1, -0.05) is 45.8 Å². The molecule has 2 atom stereocenters. The van der Waals surface area contributed by atoms with E-state index >= 15 is 0 Å². The fourth-order valence-electron chi connectivity index (χ4n) is 2.86. The van der Waals surface area contributed by atoms with E-state index in [1.807, 2.05) is 6.92 Å². The summed E-state index contributed by atoms with van der Waals surface area (Å²) in [5.41, 5.74) is 1.82. The van der Waals surface area contributed by atoms with Crippen LogP contribution in [0, 0.1) is 12.7 Å². The third kappa shape index (κ3) is 3.34. The van der Waals surface area contributed by atoms with Crippen molar-refractivity contribution in [2.75, 3.05) is 6.54 Å². The van der Waals surface area contributed by atoms with Crippen LogP contribution in [0.15, 0.2) is 53.4 Å². The van der Waals surface area contributed by atoms with Gasteiger partial charge in [0.1, 0.15) is 5.82 Å². The molecule has 3 rings (SSSR count). The molecule has 0 bridgehead atoms. The van der Waals surface area contributed by atoms with Crippen molar-refractivity contribution in [2.45, 2.75) is 29.1 Å². The van der Waals surface area contributed by atoms with Gasteiger partial charge < -0.3 is 0 Å². The van der Waals surface area contributed by atoms with Crippen molar-refractivity contribution < 1.29 is 12.8 Å². The minimum absolute atomic E-state index is 0.0813. The molecule has 3 nitrogen and oxygen atoms in total. The van der Waals surface area contributed by atoms with E-state index in [1.165, 1.54) is 16.4 Å². The number of rotatable bonds is 3. The molecule has 2 aromatic carbocycles. The third-order valence-corrected chi connectivity index (χ3v) is 6.64. The lowest BCUT2D eigenvalue weighted by Gasteiger charge is -2.24. The van der Waals surface area contributed by atoms with Crippen molar-refractivity contribution in [2.24, 2.45) is 0 Å². The number of hydrogen-bond acceptors (Lipinski definition) is 2. The summed E-state index contributed by atoms with van der Waals surface area (Å²) in [7, 11) is -3.59. The molecule has 122 valence electrons. The maximum Gasteiger partial charge on any atom is 0.243 e. The van der Waals surface area contributed by atoms with Gasteiger partial charge in [0, 0.05) is 11.4 Å².